The second-order valence-corrected chi connectivity index (χ2v) is 2.41. The van der Waals surface area contributed by atoms with E-state index in [9.17, 15) is 13.6 Å². The second-order valence-electron chi connectivity index (χ2n) is 2.41. The number of hydrogen-bond donors (Lipinski definition) is 3. The lowest BCUT2D eigenvalue weighted by atomic mass is 10.3. The summed E-state index contributed by atoms with van der Waals surface area (Å²) in [7, 11) is 0. The fourth-order valence-electron chi connectivity index (χ4n) is 0.832. The van der Waals surface area contributed by atoms with E-state index < -0.39 is 18.5 Å². The Hall–Kier alpha value is -1.59. The van der Waals surface area contributed by atoms with Crippen LogP contribution in [0.4, 0.5) is 20.2 Å². The van der Waals surface area contributed by atoms with Crippen LogP contribution in [-0.4, -0.2) is 18.0 Å². The van der Waals surface area contributed by atoms with E-state index in [0.717, 1.165) is 0 Å². The van der Waals surface area contributed by atoms with Crippen LogP contribution in [0, 0.1) is 0 Å². The first kappa shape index (κ1) is 9.50. The van der Waals surface area contributed by atoms with Crippen molar-refractivity contribution < 1.29 is 8.78 Å². The van der Waals surface area contributed by atoms with Gasteiger partial charge in [0.2, 0.25) is 0 Å². The molecule has 1 heterocycles. The third kappa shape index (κ3) is 2.43. The molecule has 1 rings (SSSR count). The zero-order chi connectivity index (χ0) is 9.84. The molecular weight excluding hydrogens is 180 g/mol. The number of nitrogens with two attached hydrogens (primary N) is 1. The predicted molar refractivity (Wildman–Crippen MR) is 46.0 cm³/mol. The number of rotatable bonds is 3. The lowest BCUT2D eigenvalue weighted by Crippen LogP contribution is -2.17. The number of anilines is 2. The molecule has 0 fully saturated rings. The lowest BCUT2D eigenvalue weighted by molar-refractivity contribution is 0.163. The van der Waals surface area contributed by atoms with E-state index >= 15 is 0 Å². The summed E-state index contributed by atoms with van der Waals surface area (Å²) in [5.41, 5.74) is 4.98. The third-order valence-corrected chi connectivity index (χ3v) is 1.45. The van der Waals surface area contributed by atoms with E-state index in [1.54, 1.807) is 0 Å². The number of H-pyrrole nitrogens is 1. The number of halogens is 2. The average molecular weight is 189 g/mol. The SMILES string of the molecule is Nc1c(NCC(F)F)cc[nH]c1=O. The van der Waals surface area contributed by atoms with Crippen molar-refractivity contribution in [2.45, 2.75) is 6.43 Å². The minimum absolute atomic E-state index is 0.0804. The highest BCUT2D eigenvalue weighted by Gasteiger charge is 2.05. The molecule has 0 bridgehead atoms. The van der Waals surface area contributed by atoms with Crippen LogP contribution >= 0.6 is 0 Å². The van der Waals surface area contributed by atoms with Gasteiger partial charge in [0.05, 0.1) is 12.2 Å². The molecule has 1 aromatic heterocycles. The van der Waals surface area contributed by atoms with Gasteiger partial charge in [0.1, 0.15) is 5.69 Å². The summed E-state index contributed by atoms with van der Waals surface area (Å²) in [6.45, 7) is -0.520. The molecule has 0 spiro atoms. The Labute approximate surface area is 72.8 Å². The number of nitrogen functional groups attached to an aromatic ring is 1. The molecule has 6 heteroatoms. The minimum atomic E-state index is -2.47. The minimum Gasteiger partial charge on any atom is -0.393 e. The summed E-state index contributed by atoms with van der Waals surface area (Å²) in [5, 5.41) is 2.36. The smallest absolute Gasteiger partial charge is 0.273 e. The van der Waals surface area contributed by atoms with Crippen molar-refractivity contribution in [3.05, 3.63) is 22.6 Å². The Kier molecular flexibility index (Phi) is 2.84. The van der Waals surface area contributed by atoms with Crippen LogP contribution in [0.15, 0.2) is 17.1 Å². The normalized spacial score (nSPS) is 10.4. The Morgan fingerprint density at radius 3 is 2.92 bits per heavy atom. The second kappa shape index (κ2) is 3.88. The Morgan fingerprint density at radius 1 is 1.62 bits per heavy atom. The molecule has 4 N–H and O–H groups in total. The molecular formula is C7H9F2N3O. The summed E-state index contributed by atoms with van der Waals surface area (Å²) < 4.78 is 23.5. The number of alkyl halides is 2. The molecule has 0 saturated carbocycles. The van der Waals surface area contributed by atoms with Crippen molar-refractivity contribution in [2.75, 3.05) is 17.6 Å². The van der Waals surface area contributed by atoms with E-state index in [4.69, 9.17) is 5.73 Å². The maximum Gasteiger partial charge on any atom is 0.273 e. The Bertz CT molecular complexity index is 337. The first-order valence-corrected chi connectivity index (χ1v) is 3.60. The standard InChI is InChI=1S/C7H9F2N3O/c8-5(9)3-12-4-1-2-11-7(13)6(4)10/h1-2,5H,3,10H2,(H2,11,12,13). The van der Waals surface area contributed by atoms with Crippen LogP contribution in [0.25, 0.3) is 0 Å². The maximum atomic E-state index is 11.8. The summed E-state index contributed by atoms with van der Waals surface area (Å²) >= 11 is 0. The van der Waals surface area contributed by atoms with Gasteiger partial charge in [0, 0.05) is 6.20 Å². The molecule has 0 aromatic carbocycles. The summed E-state index contributed by atoms with van der Waals surface area (Å²) in [6, 6.07) is 1.43. The summed E-state index contributed by atoms with van der Waals surface area (Å²) in [6.07, 6.45) is -1.13. The molecule has 4 nitrogen and oxygen atoms in total. The number of pyridine rings is 1. The zero-order valence-electron chi connectivity index (χ0n) is 6.68. The van der Waals surface area contributed by atoms with E-state index in [-0.39, 0.29) is 11.4 Å². The van der Waals surface area contributed by atoms with Crippen LogP contribution < -0.4 is 16.6 Å². The van der Waals surface area contributed by atoms with Gasteiger partial charge in [-0.05, 0) is 6.07 Å². The molecule has 0 aliphatic heterocycles. The molecule has 13 heavy (non-hydrogen) atoms. The topological polar surface area (TPSA) is 70.9 Å². The predicted octanol–water partition coefficient (Wildman–Crippen LogP) is 0.634. The third-order valence-electron chi connectivity index (χ3n) is 1.45. The van der Waals surface area contributed by atoms with E-state index in [2.05, 4.69) is 10.3 Å². The van der Waals surface area contributed by atoms with E-state index in [1.807, 2.05) is 0 Å². The van der Waals surface area contributed by atoms with Crippen molar-refractivity contribution in [1.82, 2.24) is 4.98 Å². The molecule has 0 saturated heterocycles. The Balaban J connectivity index is 2.77. The first-order chi connectivity index (χ1) is 6.11. The van der Waals surface area contributed by atoms with Gasteiger partial charge >= 0.3 is 0 Å². The highest BCUT2D eigenvalue weighted by molar-refractivity contribution is 5.63. The van der Waals surface area contributed by atoms with Crippen LogP contribution in [0.1, 0.15) is 0 Å². The molecule has 0 aliphatic carbocycles. The van der Waals surface area contributed by atoms with Crippen molar-refractivity contribution in [1.29, 1.82) is 0 Å². The maximum absolute atomic E-state index is 11.8. The fourth-order valence-corrected chi connectivity index (χ4v) is 0.832. The van der Waals surface area contributed by atoms with Crippen molar-refractivity contribution in [3.8, 4) is 0 Å². The number of aromatic nitrogens is 1. The molecule has 1 aromatic rings. The Morgan fingerprint density at radius 2 is 2.31 bits per heavy atom. The van der Waals surface area contributed by atoms with Gasteiger partial charge < -0.3 is 16.0 Å². The van der Waals surface area contributed by atoms with E-state index in [0.29, 0.717) is 0 Å². The highest BCUT2D eigenvalue weighted by atomic mass is 19.3. The van der Waals surface area contributed by atoms with Crippen LogP contribution in [0.5, 0.6) is 0 Å². The van der Waals surface area contributed by atoms with Gasteiger partial charge in [-0.25, -0.2) is 8.78 Å². The van der Waals surface area contributed by atoms with Crippen LogP contribution in [0.2, 0.25) is 0 Å². The molecule has 72 valence electrons. The molecule has 0 amide bonds. The van der Waals surface area contributed by atoms with Gasteiger partial charge in [0.15, 0.2) is 0 Å². The lowest BCUT2D eigenvalue weighted by Gasteiger charge is -2.06. The first-order valence-electron chi connectivity index (χ1n) is 3.60. The zero-order valence-corrected chi connectivity index (χ0v) is 6.68. The molecule has 0 aliphatic rings. The van der Waals surface area contributed by atoms with Gasteiger partial charge in [-0.2, -0.15) is 0 Å². The average Bonchev–Trinajstić information content (AvgIpc) is 2.07. The number of nitrogens with one attached hydrogen (secondary N) is 2. The molecule has 0 radical (unpaired) electrons. The van der Waals surface area contributed by atoms with Crippen LogP contribution in [-0.2, 0) is 0 Å². The van der Waals surface area contributed by atoms with Crippen molar-refractivity contribution in [3.63, 3.8) is 0 Å². The van der Waals surface area contributed by atoms with Gasteiger partial charge in [-0.1, -0.05) is 0 Å². The summed E-state index contributed by atoms with van der Waals surface area (Å²) in [4.78, 5) is 13.2. The number of aromatic amines is 1. The monoisotopic (exact) mass is 189 g/mol. The van der Waals surface area contributed by atoms with Gasteiger partial charge in [0.25, 0.3) is 12.0 Å². The quantitative estimate of drug-likeness (QED) is 0.653. The van der Waals surface area contributed by atoms with Crippen molar-refractivity contribution >= 4 is 11.4 Å². The number of hydrogen-bond acceptors (Lipinski definition) is 3. The molecule has 0 unspecified atom stereocenters. The van der Waals surface area contributed by atoms with E-state index in [1.165, 1.54) is 12.3 Å². The van der Waals surface area contributed by atoms with Gasteiger partial charge in [-0.3, -0.25) is 4.79 Å². The molecule has 0 atom stereocenters. The van der Waals surface area contributed by atoms with Crippen molar-refractivity contribution in [2.24, 2.45) is 0 Å². The van der Waals surface area contributed by atoms with Crippen LogP contribution in [0.3, 0.4) is 0 Å². The summed E-state index contributed by atoms with van der Waals surface area (Å²) in [5.74, 6) is 0. The van der Waals surface area contributed by atoms with Gasteiger partial charge in [-0.15, -0.1) is 0 Å². The fraction of sp³-hybridized carbons (Fsp3) is 0.286. The largest absolute Gasteiger partial charge is 0.393 e. The highest BCUT2D eigenvalue weighted by Crippen LogP contribution is 2.11.